The first-order chi connectivity index (χ1) is 12.9. The summed E-state index contributed by atoms with van der Waals surface area (Å²) in [7, 11) is 0. The van der Waals surface area contributed by atoms with E-state index >= 15 is 0 Å². The number of hydrogen-bond acceptors (Lipinski definition) is 7. The largest absolute Gasteiger partial charge is 0.301 e. The van der Waals surface area contributed by atoms with Crippen molar-refractivity contribution in [2.24, 2.45) is 0 Å². The number of carbonyl (C=O) groups is 2. The monoisotopic (exact) mass is 438 g/mol. The predicted molar refractivity (Wildman–Crippen MR) is 114 cm³/mol. The topological polar surface area (TPSA) is 75.2 Å². The van der Waals surface area contributed by atoms with Crippen molar-refractivity contribution in [3.8, 4) is 0 Å². The lowest BCUT2D eigenvalue weighted by Gasteiger charge is -2.13. The van der Waals surface area contributed by atoms with Crippen LogP contribution in [0.5, 0.6) is 0 Å². The van der Waals surface area contributed by atoms with Gasteiger partial charge in [-0.25, -0.2) is 0 Å². The Kier molecular flexibility index (Phi) is 6.59. The molecule has 0 aliphatic carbocycles. The molecule has 27 heavy (non-hydrogen) atoms. The average molecular weight is 439 g/mol. The highest BCUT2D eigenvalue weighted by Crippen LogP contribution is 2.32. The van der Waals surface area contributed by atoms with Gasteiger partial charge in [-0.05, 0) is 37.1 Å². The second-order valence-corrected chi connectivity index (χ2v) is 8.96. The summed E-state index contributed by atoms with van der Waals surface area (Å²) >= 11 is 13.8. The van der Waals surface area contributed by atoms with Gasteiger partial charge in [0.2, 0.25) is 11.0 Å². The summed E-state index contributed by atoms with van der Waals surface area (Å²) in [6.45, 7) is 2.21. The third-order valence-electron chi connectivity index (χ3n) is 3.60. The number of aromatic nitrogens is 2. The maximum Gasteiger partial charge on any atom is 0.266 e. The van der Waals surface area contributed by atoms with Gasteiger partial charge < -0.3 is 5.32 Å². The number of benzene rings is 1. The van der Waals surface area contributed by atoms with Crippen LogP contribution in [-0.4, -0.2) is 37.8 Å². The zero-order chi connectivity index (χ0) is 19.4. The van der Waals surface area contributed by atoms with Gasteiger partial charge in [0, 0.05) is 18.0 Å². The van der Waals surface area contributed by atoms with Crippen LogP contribution in [-0.2, 0) is 9.59 Å². The van der Waals surface area contributed by atoms with Gasteiger partial charge in [-0.1, -0.05) is 59.1 Å². The molecule has 0 radical (unpaired) electrons. The molecule has 140 valence electrons. The maximum atomic E-state index is 12.6. The van der Waals surface area contributed by atoms with E-state index in [1.165, 1.54) is 28.0 Å². The molecule has 1 aromatic heterocycles. The summed E-state index contributed by atoms with van der Waals surface area (Å²) in [4.78, 5) is 26.6. The number of thiocarbonyl (C=S) groups is 1. The van der Waals surface area contributed by atoms with Gasteiger partial charge in [0.25, 0.3) is 5.91 Å². The molecule has 2 amide bonds. The van der Waals surface area contributed by atoms with E-state index in [9.17, 15) is 9.59 Å². The van der Waals surface area contributed by atoms with Crippen molar-refractivity contribution in [3.05, 3.63) is 44.8 Å². The molecule has 0 spiro atoms. The lowest BCUT2D eigenvalue weighted by Crippen LogP contribution is -2.29. The first-order valence-electron chi connectivity index (χ1n) is 8.03. The van der Waals surface area contributed by atoms with Crippen LogP contribution in [0.3, 0.4) is 0 Å². The van der Waals surface area contributed by atoms with Crippen molar-refractivity contribution < 1.29 is 9.59 Å². The van der Waals surface area contributed by atoms with Gasteiger partial charge in [0.15, 0.2) is 0 Å². The van der Waals surface area contributed by atoms with E-state index in [4.69, 9.17) is 23.8 Å². The SMILES string of the molecule is Cc1nnc(NC(=O)CCCN2C(=O)C(=Cc3ccc(Cl)cc3)SC2=S)s1. The third-order valence-corrected chi connectivity index (χ3v) is 5.98. The summed E-state index contributed by atoms with van der Waals surface area (Å²) in [5, 5.41) is 12.3. The van der Waals surface area contributed by atoms with E-state index in [1.54, 1.807) is 18.2 Å². The average Bonchev–Trinajstić information content (AvgIpc) is 3.14. The van der Waals surface area contributed by atoms with Crippen LogP contribution in [0.4, 0.5) is 5.13 Å². The molecule has 0 saturated carbocycles. The number of anilines is 1. The quantitative estimate of drug-likeness (QED) is 0.540. The molecule has 6 nitrogen and oxygen atoms in total. The number of nitrogens with one attached hydrogen (secondary N) is 1. The highest BCUT2D eigenvalue weighted by molar-refractivity contribution is 8.26. The molecule has 1 aliphatic heterocycles. The number of nitrogens with zero attached hydrogens (tertiary/aromatic N) is 3. The summed E-state index contributed by atoms with van der Waals surface area (Å²) in [6, 6.07) is 7.22. The molecule has 2 heterocycles. The molecule has 2 aromatic rings. The normalized spacial score (nSPS) is 15.6. The Labute approximate surface area is 175 Å². The Bertz CT molecular complexity index is 911. The minimum absolute atomic E-state index is 0.139. The van der Waals surface area contributed by atoms with Crippen LogP contribution in [0.25, 0.3) is 6.08 Å². The zero-order valence-corrected chi connectivity index (χ0v) is 17.5. The molecule has 1 fully saturated rings. The van der Waals surface area contributed by atoms with Gasteiger partial charge in [0.1, 0.15) is 9.33 Å². The molecular formula is C17H15ClN4O2S3. The van der Waals surface area contributed by atoms with Crippen molar-refractivity contribution in [2.75, 3.05) is 11.9 Å². The fraction of sp³-hybridized carbons (Fsp3) is 0.235. The lowest BCUT2D eigenvalue weighted by molar-refractivity contribution is -0.122. The summed E-state index contributed by atoms with van der Waals surface area (Å²) in [5.41, 5.74) is 0.881. The lowest BCUT2D eigenvalue weighted by atomic mass is 10.2. The second-order valence-electron chi connectivity index (χ2n) is 5.66. The number of aryl methyl sites for hydroxylation is 1. The molecule has 1 aromatic carbocycles. The summed E-state index contributed by atoms with van der Waals surface area (Å²) in [6.07, 6.45) is 2.57. The Morgan fingerprint density at radius 2 is 2.07 bits per heavy atom. The Hall–Kier alpha value is -1.81. The Morgan fingerprint density at radius 3 is 2.74 bits per heavy atom. The van der Waals surface area contributed by atoms with Crippen LogP contribution in [0, 0.1) is 6.92 Å². The van der Waals surface area contributed by atoms with Crippen molar-refractivity contribution >= 4 is 74.3 Å². The molecule has 3 rings (SSSR count). The molecule has 0 unspecified atom stereocenters. The first-order valence-corrected chi connectivity index (χ1v) is 10.4. The van der Waals surface area contributed by atoms with Gasteiger partial charge in [-0.2, -0.15) is 0 Å². The highest BCUT2D eigenvalue weighted by Gasteiger charge is 2.31. The molecule has 1 aliphatic rings. The van der Waals surface area contributed by atoms with E-state index < -0.39 is 0 Å². The predicted octanol–water partition coefficient (Wildman–Crippen LogP) is 4.12. The van der Waals surface area contributed by atoms with E-state index in [2.05, 4.69) is 15.5 Å². The van der Waals surface area contributed by atoms with E-state index in [1.807, 2.05) is 19.1 Å². The number of halogens is 1. The number of amides is 2. The summed E-state index contributed by atoms with van der Waals surface area (Å²) < 4.78 is 0.500. The van der Waals surface area contributed by atoms with Crippen molar-refractivity contribution in [1.29, 1.82) is 0 Å². The van der Waals surface area contributed by atoms with Crippen LogP contribution >= 0.6 is 46.9 Å². The standard InChI is InChI=1S/C17H15ClN4O2S3/c1-10-20-21-16(26-10)19-14(23)3-2-8-22-15(24)13(27-17(22)25)9-11-4-6-12(18)7-5-11/h4-7,9H,2-3,8H2,1H3,(H,19,21,23). The molecule has 0 bridgehead atoms. The molecule has 0 atom stereocenters. The minimum atomic E-state index is -0.159. The van der Waals surface area contributed by atoms with E-state index in [0.29, 0.717) is 32.3 Å². The summed E-state index contributed by atoms with van der Waals surface area (Å²) in [5.74, 6) is -0.298. The van der Waals surface area contributed by atoms with Gasteiger partial charge >= 0.3 is 0 Å². The fourth-order valence-corrected chi connectivity index (χ4v) is 4.37. The molecule has 10 heteroatoms. The van der Waals surface area contributed by atoms with Gasteiger partial charge in [-0.3, -0.25) is 14.5 Å². The maximum absolute atomic E-state index is 12.6. The van der Waals surface area contributed by atoms with Crippen LogP contribution in [0.2, 0.25) is 5.02 Å². The molecular weight excluding hydrogens is 424 g/mol. The number of rotatable bonds is 6. The minimum Gasteiger partial charge on any atom is -0.301 e. The number of hydrogen-bond donors (Lipinski definition) is 1. The second kappa shape index (κ2) is 8.92. The van der Waals surface area contributed by atoms with Crippen molar-refractivity contribution in [2.45, 2.75) is 19.8 Å². The Morgan fingerprint density at radius 1 is 1.33 bits per heavy atom. The highest BCUT2D eigenvalue weighted by atomic mass is 35.5. The van der Waals surface area contributed by atoms with Gasteiger partial charge in [0.05, 0.1) is 4.91 Å². The molecule has 1 N–H and O–H groups in total. The zero-order valence-electron chi connectivity index (χ0n) is 14.3. The third kappa shape index (κ3) is 5.35. The number of thioether (sulfide) groups is 1. The Balaban J connectivity index is 1.53. The molecule has 1 saturated heterocycles. The number of carbonyl (C=O) groups excluding carboxylic acids is 2. The van der Waals surface area contributed by atoms with Crippen LogP contribution in [0.15, 0.2) is 29.2 Å². The van der Waals surface area contributed by atoms with Gasteiger partial charge in [-0.15, -0.1) is 10.2 Å². The fourth-order valence-electron chi connectivity index (χ4n) is 2.33. The van der Waals surface area contributed by atoms with Crippen LogP contribution in [0.1, 0.15) is 23.4 Å². The van der Waals surface area contributed by atoms with Crippen LogP contribution < -0.4 is 5.32 Å². The van der Waals surface area contributed by atoms with Crippen molar-refractivity contribution in [1.82, 2.24) is 15.1 Å². The smallest absolute Gasteiger partial charge is 0.266 e. The van der Waals surface area contributed by atoms with E-state index in [0.717, 1.165) is 10.6 Å². The first kappa shape index (κ1) is 19.9. The van der Waals surface area contributed by atoms with E-state index in [-0.39, 0.29) is 18.2 Å². The van der Waals surface area contributed by atoms with Crippen molar-refractivity contribution in [3.63, 3.8) is 0 Å².